The van der Waals surface area contributed by atoms with E-state index in [0.29, 0.717) is 67.1 Å². The number of aliphatic carboxylic acids is 1. The molecule has 7 aliphatic rings. The van der Waals surface area contributed by atoms with Crippen molar-refractivity contribution in [2.45, 2.75) is 163 Å². The Morgan fingerprint density at radius 2 is 1.60 bits per heavy atom. The summed E-state index contributed by atoms with van der Waals surface area (Å²) in [4.78, 5) is 25.8. The molecule has 7 rings (SSSR count). The molecule has 10 atom stereocenters. The largest absolute Gasteiger partial charge is 0.481 e. The van der Waals surface area contributed by atoms with Crippen LogP contribution in [-0.2, 0) is 9.59 Å². The van der Waals surface area contributed by atoms with Gasteiger partial charge in [0.2, 0.25) is 5.91 Å². The van der Waals surface area contributed by atoms with Crippen LogP contribution < -0.4 is 5.32 Å². The summed E-state index contributed by atoms with van der Waals surface area (Å²) in [6.45, 7) is 18.9. The van der Waals surface area contributed by atoms with Gasteiger partial charge in [-0.2, -0.15) is 0 Å². The molecule has 0 unspecified atom stereocenters. The van der Waals surface area contributed by atoms with E-state index in [0.717, 1.165) is 25.7 Å². The zero-order valence-electron chi connectivity index (χ0n) is 32.4. The lowest BCUT2D eigenvalue weighted by Crippen LogP contribution is -2.68. The number of fused-ring (bicyclic) bond motifs is 7. The molecule has 0 aromatic heterocycles. The highest BCUT2D eigenvalue weighted by Gasteiger charge is 2.70. The van der Waals surface area contributed by atoms with Gasteiger partial charge in [-0.1, -0.05) is 78.2 Å². The number of alkyl halides is 1. The Morgan fingerprint density at radius 3 is 2.24 bits per heavy atom. The predicted molar refractivity (Wildman–Crippen MR) is 200 cm³/mol. The maximum Gasteiger partial charge on any atom is 0.312 e. The third-order valence-electron chi connectivity index (χ3n) is 17.9. The van der Waals surface area contributed by atoms with Gasteiger partial charge in [-0.05, 0) is 165 Å². The maximum atomic E-state index is 14.0. The van der Waals surface area contributed by atoms with Crippen molar-refractivity contribution in [1.29, 1.82) is 0 Å². The van der Waals surface area contributed by atoms with Crippen LogP contribution in [-0.4, -0.2) is 29.2 Å². The number of allylic oxidation sites excluding steroid dienone is 5. The SMILES string of the molecule is C=C(C)[C@@H]1CC[C@]2(NC(=O)CC3CCCCC3)CC[C@]3(C)[C@H](CC[C@@H]4[C@@]5(C)CC=C(C6=CC[C@](CF)(C(=O)O)CC6)C(C)(C)[C@@H]5CC[C@]43C)[C@@H]12. The Bertz CT molecular complexity index is 1460. The second-order valence-corrected chi connectivity index (χ2v) is 20.3. The van der Waals surface area contributed by atoms with E-state index in [9.17, 15) is 19.1 Å². The highest BCUT2D eigenvalue weighted by atomic mass is 19.1. The smallest absolute Gasteiger partial charge is 0.312 e. The van der Waals surface area contributed by atoms with Crippen LogP contribution in [0.15, 0.2) is 35.5 Å². The molecule has 50 heavy (non-hydrogen) atoms. The second kappa shape index (κ2) is 12.6. The van der Waals surface area contributed by atoms with E-state index >= 15 is 0 Å². The molecule has 7 aliphatic carbocycles. The van der Waals surface area contributed by atoms with Gasteiger partial charge < -0.3 is 10.4 Å². The topological polar surface area (TPSA) is 66.4 Å². The summed E-state index contributed by atoms with van der Waals surface area (Å²) < 4.78 is 14.0. The molecule has 0 aromatic rings. The lowest BCUT2D eigenvalue weighted by Gasteiger charge is -2.72. The maximum absolute atomic E-state index is 14.0. The van der Waals surface area contributed by atoms with Gasteiger partial charge in [-0.3, -0.25) is 9.59 Å². The average Bonchev–Trinajstić information content (AvgIpc) is 3.45. The zero-order valence-corrected chi connectivity index (χ0v) is 32.4. The lowest BCUT2D eigenvalue weighted by molar-refractivity contribution is -0.221. The molecule has 0 spiro atoms. The van der Waals surface area contributed by atoms with Gasteiger partial charge in [-0.15, -0.1) is 0 Å². The molecule has 0 heterocycles. The van der Waals surface area contributed by atoms with Crippen LogP contribution in [0.5, 0.6) is 0 Å². The first kappa shape index (κ1) is 36.4. The number of rotatable bonds is 7. The number of hydrogen-bond donors (Lipinski definition) is 2. The first-order valence-electron chi connectivity index (χ1n) is 20.7. The summed E-state index contributed by atoms with van der Waals surface area (Å²) in [7, 11) is 0. The van der Waals surface area contributed by atoms with Gasteiger partial charge in [0.15, 0.2) is 0 Å². The highest BCUT2D eigenvalue weighted by Crippen LogP contribution is 2.76. The Morgan fingerprint density at radius 1 is 0.860 bits per heavy atom. The molecule has 5 saturated carbocycles. The molecule has 278 valence electrons. The molecule has 5 heteroatoms. The molecular formula is C45H68FNO3. The first-order chi connectivity index (χ1) is 23.6. The molecule has 0 aromatic carbocycles. The van der Waals surface area contributed by atoms with Gasteiger partial charge in [0.25, 0.3) is 0 Å². The van der Waals surface area contributed by atoms with Crippen molar-refractivity contribution in [3.05, 3.63) is 35.5 Å². The van der Waals surface area contributed by atoms with Crippen molar-refractivity contribution >= 4 is 11.9 Å². The van der Waals surface area contributed by atoms with Gasteiger partial charge in [0.1, 0.15) is 6.67 Å². The summed E-state index contributed by atoms with van der Waals surface area (Å²) in [5.74, 6) is 2.64. The fraction of sp³-hybridized carbons (Fsp3) is 0.822. The Balaban J connectivity index is 1.16. The minimum atomic E-state index is -1.25. The summed E-state index contributed by atoms with van der Waals surface area (Å²) in [6, 6.07) is 0. The van der Waals surface area contributed by atoms with Crippen molar-refractivity contribution in [2.75, 3.05) is 6.67 Å². The van der Waals surface area contributed by atoms with Crippen LogP contribution in [0.4, 0.5) is 4.39 Å². The number of carboxylic acids is 1. The average molecular weight is 690 g/mol. The predicted octanol–water partition coefficient (Wildman–Crippen LogP) is 11.2. The number of carboxylic acid groups (broad SMARTS) is 1. The number of halogens is 1. The Hall–Kier alpha value is -1.91. The number of hydrogen-bond acceptors (Lipinski definition) is 2. The molecule has 0 bridgehead atoms. The summed E-state index contributed by atoms with van der Waals surface area (Å²) >= 11 is 0. The lowest BCUT2D eigenvalue weighted by atomic mass is 9.33. The number of carbonyl (C=O) groups excluding carboxylic acids is 1. The third kappa shape index (κ3) is 5.29. The normalized spacial score (nSPS) is 45.5. The van der Waals surface area contributed by atoms with Crippen LogP contribution in [0, 0.1) is 62.6 Å². The summed E-state index contributed by atoms with van der Waals surface area (Å²) in [5.41, 5.74) is 3.29. The van der Waals surface area contributed by atoms with Crippen molar-refractivity contribution in [3.63, 3.8) is 0 Å². The van der Waals surface area contributed by atoms with E-state index in [-0.39, 0.29) is 27.2 Å². The van der Waals surface area contributed by atoms with Crippen molar-refractivity contribution in [2.24, 2.45) is 62.6 Å². The first-order valence-corrected chi connectivity index (χ1v) is 20.7. The molecule has 0 radical (unpaired) electrons. The Labute approximate surface area is 303 Å². The van der Waals surface area contributed by atoms with Gasteiger partial charge in [-0.25, -0.2) is 4.39 Å². The van der Waals surface area contributed by atoms with Crippen LogP contribution in [0.2, 0.25) is 0 Å². The highest BCUT2D eigenvalue weighted by molar-refractivity contribution is 5.77. The number of carbonyl (C=O) groups is 2. The van der Waals surface area contributed by atoms with E-state index < -0.39 is 18.1 Å². The van der Waals surface area contributed by atoms with E-state index in [1.165, 1.54) is 80.9 Å². The standard InChI is InChI=1S/C45H68FNO3/c1-29(2)32-17-24-45(47-37(48)27-30-11-9-8-10-12-30)26-25-42(6)34(38(32)45)13-14-36-41(5)20-18-33(40(3,4)35(41)19-21-43(36,42)7)31-15-22-44(28-46,23-16-31)39(49)50/h15,18,30,32,34-36,38H,1,8-14,16-17,19-28H2,2-7H3,(H,47,48)(H,49,50)/t32-,34+,35-,36+,38+,41-,42+,43+,44-,45-/m0/s1. The van der Waals surface area contributed by atoms with E-state index in [1.54, 1.807) is 0 Å². The fourth-order valence-electron chi connectivity index (χ4n) is 15.0. The van der Waals surface area contributed by atoms with Gasteiger partial charge in [0, 0.05) is 12.0 Å². The fourth-order valence-corrected chi connectivity index (χ4v) is 15.0. The monoisotopic (exact) mass is 690 g/mol. The van der Waals surface area contributed by atoms with Gasteiger partial charge >= 0.3 is 5.97 Å². The minimum absolute atomic E-state index is 0.0162. The van der Waals surface area contributed by atoms with Crippen LogP contribution in [0.1, 0.15) is 157 Å². The van der Waals surface area contributed by atoms with Crippen molar-refractivity contribution in [1.82, 2.24) is 5.32 Å². The van der Waals surface area contributed by atoms with Crippen molar-refractivity contribution in [3.8, 4) is 0 Å². The van der Waals surface area contributed by atoms with Gasteiger partial charge in [0.05, 0.1) is 5.41 Å². The molecule has 0 saturated heterocycles. The summed E-state index contributed by atoms with van der Waals surface area (Å²) in [5, 5.41) is 13.6. The van der Waals surface area contributed by atoms with Crippen molar-refractivity contribution < 1.29 is 19.1 Å². The minimum Gasteiger partial charge on any atom is -0.481 e. The third-order valence-corrected chi connectivity index (χ3v) is 17.9. The molecule has 1 amide bonds. The van der Waals surface area contributed by atoms with E-state index in [4.69, 9.17) is 0 Å². The second-order valence-electron chi connectivity index (χ2n) is 20.3. The Kier molecular flexibility index (Phi) is 9.19. The number of nitrogens with one attached hydrogen (secondary N) is 1. The summed E-state index contributed by atoms with van der Waals surface area (Å²) in [6.07, 6.45) is 23.6. The molecule has 4 nitrogen and oxygen atoms in total. The van der Waals surface area contributed by atoms with Crippen LogP contribution in [0.3, 0.4) is 0 Å². The molecule has 5 fully saturated rings. The quantitative estimate of drug-likeness (QED) is 0.262. The number of amides is 1. The molecule has 0 aliphatic heterocycles. The van der Waals surface area contributed by atoms with E-state index in [2.05, 4.69) is 65.6 Å². The zero-order chi connectivity index (χ0) is 35.9. The van der Waals surface area contributed by atoms with Crippen LogP contribution >= 0.6 is 0 Å². The van der Waals surface area contributed by atoms with E-state index in [1.807, 2.05) is 0 Å². The van der Waals surface area contributed by atoms with Crippen LogP contribution in [0.25, 0.3) is 0 Å². The molecule has 2 N–H and O–H groups in total. The molecular weight excluding hydrogens is 621 g/mol.